The first-order valence-corrected chi connectivity index (χ1v) is 7.23. The van der Waals surface area contributed by atoms with Crippen LogP contribution in [-0.2, 0) is 0 Å². The van der Waals surface area contributed by atoms with Gasteiger partial charge in [0.1, 0.15) is 11.6 Å². The van der Waals surface area contributed by atoms with E-state index in [2.05, 4.69) is 30.0 Å². The lowest BCUT2D eigenvalue weighted by molar-refractivity contribution is 0.229. The van der Waals surface area contributed by atoms with Gasteiger partial charge in [0.2, 0.25) is 0 Å². The van der Waals surface area contributed by atoms with Crippen LogP contribution in [0.4, 0.5) is 0 Å². The van der Waals surface area contributed by atoms with Gasteiger partial charge in [-0.15, -0.1) is 13.2 Å². The first-order valence-electron chi connectivity index (χ1n) is 7.23. The van der Waals surface area contributed by atoms with Gasteiger partial charge < -0.3 is 9.72 Å². The predicted molar refractivity (Wildman–Crippen MR) is 87.6 cm³/mol. The fourth-order valence-corrected chi connectivity index (χ4v) is 2.58. The van der Waals surface area contributed by atoms with Crippen molar-refractivity contribution in [1.29, 1.82) is 0 Å². The molecule has 0 saturated heterocycles. The van der Waals surface area contributed by atoms with Crippen LogP contribution in [0.5, 0.6) is 5.75 Å². The van der Waals surface area contributed by atoms with E-state index in [4.69, 9.17) is 9.72 Å². The lowest BCUT2D eigenvalue weighted by atomic mass is 10.1. The molecule has 0 bridgehead atoms. The molecule has 4 heteroatoms. The summed E-state index contributed by atoms with van der Waals surface area (Å²) in [6.07, 6.45) is 4.80. The van der Waals surface area contributed by atoms with Crippen molar-refractivity contribution in [2.75, 3.05) is 20.2 Å². The van der Waals surface area contributed by atoms with Gasteiger partial charge in [-0.25, -0.2) is 4.98 Å². The lowest BCUT2D eigenvalue weighted by Crippen LogP contribution is -2.29. The fraction of sp³-hybridized carbons (Fsp3) is 0.353. The van der Waals surface area contributed by atoms with Gasteiger partial charge in [0.05, 0.1) is 24.2 Å². The summed E-state index contributed by atoms with van der Waals surface area (Å²) in [7, 11) is 1.67. The maximum atomic E-state index is 5.26. The van der Waals surface area contributed by atoms with Crippen molar-refractivity contribution in [2.45, 2.75) is 19.4 Å². The van der Waals surface area contributed by atoms with Crippen LogP contribution < -0.4 is 4.74 Å². The fourth-order valence-electron chi connectivity index (χ4n) is 2.58. The van der Waals surface area contributed by atoms with E-state index in [9.17, 15) is 0 Å². The average Bonchev–Trinajstić information content (AvgIpc) is 2.90. The van der Waals surface area contributed by atoms with Crippen LogP contribution in [0.1, 0.15) is 25.2 Å². The molecule has 0 saturated carbocycles. The molecular weight excluding hydrogens is 262 g/mol. The van der Waals surface area contributed by atoms with Crippen LogP contribution in [0.15, 0.2) is 43.5 Å². The highest BCUT2D eigenvalue weighted by Gasteiger charge is 2.20. The van der Waals surface area contributed by atoms with Crippen LogP contribution in [0.3, 0.4) is 0 Å². The number of nitrogens with zero attached hydrogens (tertiary/aromatic N) is 2. The normalized spacial score (nSPS) is 12.5. The molecule has 1 N–H and O–H groups in total. The molecule has 1 atom stereocenters. The highest BCUT2D eigenvalue weighted by molar-refractivity contribution is 5.76. The molecule has 0 spiro atoms. The Bertz CT molecular complexity index is 608. The van der Waals surface area contributed by atoms with Gasteiger partial charge in [0.15, 0.2) is 0 Å². The van der Waals surface area contributed by atoms with Crippen molar-refractivity contribution in [1.82, 2.24) is 14.9 Å². The Balaban J connectivity index is 2.36. The van der Waals surface area contributed by atoms with Crippen LogP contribution in [0, 0.1) is 0 Å². The largest absolute Gasteiger partial charge is 0.497 e. The second-order valence-corrected chi connectivity index (χ2v) is 4.96. The Labute approximate surface area is 126 Å². The Morgan fingerprint density at radius 2 is 2.05 bits per heavy atom. The van der Waals surface area contributed by atoms with Gasteiger partial charge in [0, 0.05) is 19.2 Å². The minimum Gasteiger partial charge on any atom is -0.497 e. The highest BCUT2D eigenvalue weighted by atomic mass is 16.5. The summed E-state index contributed by atoms with van der Waals surface area (Å²) < 4.78 is 5.26. The smallest absolute Gasteiger partial charge is 0.124 e. The summed E-state index contributed by atoms with van der Waals surface area (Å²) in [6.45, 7) is 11.5. The summed E-state index contributed by atoms with van der Waals surface area (Å²) in [4.78, 5) is 10.4. The standard InChI is InChI=1S/C17H23N3O/c1-5-10-20(11-6-2)16(7-3)17-18-14-9-8-13(21-4)12-15(14)19-17/h5-6,8-9,12,16H,1-2,7,10-11H2,3-4H3,(H,18,19). The van der Waals surface area contributed by atoms with Gasteiger partial charge in [0.25, 0.3) is 0 Å². The molecule has 1 aromatic heterocycles. The third-order valence-corrected chi connectivity index (χ3v) is 3.58. The third kappa shape index (κ3) is 3.34. The van der Waals surface area contributed by atoms with Crippen LogP contribution in [-0.4, -0.2) is 35.1 Å². The van der Waals surface area contributed by atoms with E-state index in [0.29, 0.717) is 0 Å². The number of nitrogens with one attached hydrogen (secondary N) is 1. The predicted octanol–water partition coefficient (Wildman–Crippen LogP) is 3.70. The van der Waals surface area contributed by atoms with E-state index in [1.54, 1.807) is 7.11 Å². The molecule has 0 aliphatic heterocycles. The zero-order valence-corrected chi connectivity index (χ0v) is 12.8. The summed E-state index contributed by atoms with van der Waals surface area (Å²) >= 11 is 0. The number of ether oxygens (including phenoxy) is 1. The number of methoxy groups -OCH3 is 1. The van der Waals surface area contributed by atoms with Crippen LogP contribution in [0.25, 0.3) is 11.0 Å². The van der Waals surface area contributed by atoms with E-state index in [1.807, 2.05) is 30.4 Å². The SMILES string of the molecule is C=CCN(CC=C)C(CC)c1nc2ccc(OC)cc2[nH]1. The Kier molecular flexibility index (Phi) is 5.17. The summed E-state index contributed by atoms with van der Waals surface area (Å²) in [5.41, 5.74) is 1.96. The van der Waals surface area contributed by atoms with Gasteiger partial charge in [-0.05, 0) is 18.6 Å². The van der Waals surface area contributed by atoms with Crippen molar-refractivity contribution in [2.24, 2.45) is 0 Å². The Morgan fingerprint density at radius 1 is 1.33 bits per heavy atom. The first-order chi connectivity index (χ1) is 10.2. The van der Waals surface area contributed by atoms with Gasteiger partial charge in [-0.2, -0.15) is 0 Å². The second-order valence-electron chi connectivity index (χ2n) is 4.96. The molecule has 2 rings (SSSR count). The maximum absolute atomic E-state index is 5.26. The number of fused-ring (bicyclic) bond motifs is 1. The van der Waals surface area contributed by atoms with Crippen LogP contribution >= 0.6 is 0 Å². The number of H-pyrrole nitrogens is 1. The van der Waals surface area contributed by atoms with E-state index in [-0.39, 0.29) is 6.04 Å². The van der Waals surface area contributed by atoms with Crippen molar-refractivity contribution in [3.05, 3.63) is 49.3 Å². The molecule has 1 aromatic carbocycles. The summed E-state index contributed by atoms with van der Waals surface area (Å²) in [5, 5.41) is 0. The second kappa shape index (κ2) is 7.09. The van der Waals surface area contributed by atoms with Gasteiger partial charge >= 0.3 is 0 Å². The molecule has 4 nitrogen and oxygen atoms in total. The third-order valence-electron chi connectivity index (χ3n) is 3.58. The van der Waals surface area contributed by atoms with Gasteiger partial charge in [-0.1, -0.05) is 19.1 Å². The Morgan fingerprint density at radius 3 is 2.62 bits per heavy atom. The van der Waals surface area contributed by atoms with Crippen molar-refractivity contribution < 1.29 is 4.74 Å². The van der Waals surface area contributed by atoms with E-state index in [0.717, 1.165) is 42.1 Å². The highest BCUT2D eigenvalue weighted by Crippen LogP contribution is 2.26. The zero-order valence-electron chi connectivity index (χ0n) is 12.8. The molecule has 0 aliphatic rings. The summed E-state index contributed by atoms with van der Waals surface area (Å²) in [5.74, 6) is 1.81. The Hall–Kier alpha value is -2.07. The molecular formula is C17H23N3O. The lowest BCUT2D eigenvalue weighted by Gasteiger charge is -2.27. The minimum atomic E-state index is 0.222. The average molecular weight is 285 g/mol. The monoisotopic (exact) mass is 285 g/mol. The van der Waals surface area contributed by atoms with Crippen molar-refractivity contribution in [3.8, 4) is 5.75 Å². The van der Waals surface area contributed by atoms with E-state index >= 15 is 0 Å². The number of aromatic amines is 1. The quantitative estimate of drug-likeness (QED) is 0.752. The molecule has 2 aromatic rings. The maximum Gasteiger partial charge on any atom is 0.124 e. The molecule has 0 amide bonds. The molecule has 1 heterocycles. The zero-order chi connectivity index (χ0) is 15.2. The van der Waals surface area contributed by atoms with Gasteiger partial charge in [-0.3, -0.25) is 4.90 Å². The molecule has 21 heavy (non-hydrogen) atoms. The van der Waals surface area contributed by atoms with Crippen LogP contribution in [0.2, 0.25) is 0 Å². The minimum absolute atomic E-state index is 0.222. The number of hydrogen-bond donors (Lipinski definition) is 1. The molecule has 0 radical (unpaired) electrons. The number of rotatable bonds is 8. The van der Waals surface area contributed by atoms with E-state index in [1.165, 1.54) is 0 Å². The number of imidazole rings is 1. The molecule has 1 unspecified atom stereocenters. The molecule has 0 aliphatic carbocycles. The number of benzene rings is 1. The van der Waals surface area contributed by atoms with E-state index < -0.39 is 0 Å². The number of hydrogen-bond acceptors (Lipinski definition) is 3. The molecule has 0 fully saturated rings. The number of aromatic nitrogens is 2. The first kappa shape index (κ1) is 15.3. The van der Waals surface area contributed by atoms with Crippen molar-refractivity contribution in [3.63, 3.8) is 0 Å². The summed E-state index contributed by atoms with van der Waals surface area (Å²) in [6, 6.07) is 6.11. The van der Waals surface area contributed by atoms with Crippen molar-refractivity contribution >= 4 is 11.0 Å². The molecule has 112 valence electrons. The topological polar surface area (TPSA) is 41.2 Å².